The minimum atomic E-state index is 0.0780. The summed E-state index contributed by atoms with van der Waals surface area (Å²) in [5.41, 5.74) is 2.74. The molecule has 0 radical (unpaired) electrons. The zero-order valence-corrected chi connectivity index (χ0v) is 17.6. The number of carbonyl (C=O) groups is 1. The third-order valence-electron chi connectivity index (χ3n) is 5.19. The van der Waals surface area contributed by atoms with E-state index in [2.05, 4.69) is 39.7 Å². The van der Waals surface area contributed by atoms with Crippen molar-refractivity contribution in [3.8, 4) is 0 Å². The Bertz CT molecular complexity index is 1180. The van der Waals surface area contributed by atoms with Gasteiger partial charge in [0.05, 0.1) is 15.7 Å². The summed E-state index contributed by atoms with van der Waals surface area (Å²) < 4.78 is 2.89. The van der Waals surface area contributed by atoms with Crippen molar-refractivity contribution in [2.45, 2.75) is 11.4 Å². The molecule has 29 heavy (non-hydrogen) atoms. The fourth-order valence-electron chi connectivity index (χ4n) is 3.56. The van der Waals surface area contributed by atoms with E-state index in [1.807, 2.05) is 29.2 Å². The summed E-state index contributed by atoms with van der Waals surface area (Å²) >= 11 is 3.47. The number of piperazine rings is 1. The van der Waals surface area contributed by atoms with Crippen LogP contribution in [-0.4, -0.2) is 63.2 Å². The maximum atomic E-state index is 12.8. The molecule has 7 nitrogen and oxygen atoms in total. The van der Waals surface area contributed by atoms with E-state index in [9.17, 15) is 4.79 Å². The molecular formula is C20H20N6OS2. The molecular weight excluding hydrogens is 404 g/mol. The van der Waals surface area contributed by atoms with Crippen LogP contribution in [0.3, 0.4) is 0 Å². The first-order valence-electron chi connectivity index (χ1n) is 9.47. The zero-order chi connectivity index (χ0) is 19.8. The molecule has 1 fully saturated rings. The molecule has 1 aliphatic heterocycles. The molecule has 0 bridgehead atoms. The normalized spacial score (nSPS) is 14.8. The number of fused-ring (bicyclic) bond motifs is 2. The molecule has 5 rings (SSSR count). The van der Waals surface area contributed by atoms with Crippen molar-refractivity contribution in [1.82, 2.24) is 24.9 Å². The molecule has 0 aliphatic carbocycles. The van der Waals surface area contributed by atoms with Gasteiger partial charge in [-0.25, -0.2) is 9.67 Å². The maximum Gasteiger partial charge on any atom is 0.244 e. The smallest absolute Gasteiger partial charge is 0.244 e. The van der Waals surface area contributed by atoms with Gasteiger partial charge < -0.3 is 9.80 Å². The van der Waals surface area contributed by atoms with Crippen LogP contribution in [0.1, 0.15) is 0 Å². The van der Waals surface area contributed by atoms with E-state index in [4.69, 9.17) is 4.98 Å². The van der Waals surface area contributed by atoms with E-state index in [-0.39, 0.29) is 12.5 Å². The molecule has 0 unspecified atom stereocenters. The second-order valence-electron chi connectivity index (χ2n) is 6.93. The average molecular weight is 425 g/mol. The number of aromatic nitrogens is 4. The zero-order valence-electron chi connectivity index (χ0n) is 16.0. The van der Waals surface area contributed by atoms with Crippen molar-refractivity contribution < 1.29 is 4.79 Å². The number of amides is 1. The number of thioether (sulfide) groups is 1. The molecule has 1 amide bonds. The molecule has 0 N–H and O–H groups in total. The highest BCUT2D eigenvalue weighted by molar-refractivity contribution is 7.98. The molecule has 148 valence electrons. The molecule has 0 saturated carbocycles. The lowest BCUT2D eigenvalue weighted by Gasteiger charge is -2.34. The first-order chi connectivity index (χ1) is 14.2. The Kier molecular flexibility index (Phi) is 4.84. The lowest BCUT2D eigenvalue weighted by atomic mass is 10.3. The van der Waals surface area contributed by atoms with Gasteiger partial charge in [0, 0.05) is 31.1 Å². The van der Waals surface area contributed by atoms with Crippen LogP contribution in [-0.2, 0) is 11.3 Å². The molecule has 1 aliphatic rings. The van der Waals surface area contributed by atoms with E-state index in [0.717, 1.165) is 34.8 Å². The Morgan fingerprint density at radius 1 is 1.10 bits per heavy atom. The first-order valence-corrected chi connectivity index (χ1v) is 11.5. The highest BCUT2D eigenvalue weighted by Crippen LogP contribution is 2.32. The van der Waals surface area contributed by atoms with E-state index in [0.29, 0.717) is 13.1 Å². The average Bonchev–Trinajstić information content (AvgIpc) is 3.37. The van der Waals surface area contributed by atoms with Crippen LogP contribution in [0.2, 0.25) is 0 Å². The van der Waals surface area contributed by atoms with Crippen molar-refractivity contribution >= 4 is 55.4 Å². The summed E-state index contributed by atoms with van der Waals surface area (Å²) in [6.07, 6.45) is 2.08. The largest absolute Gasteiger partial charge is 0.345 e. The second kappa shape index (κ2) is 7.64. The van der Waals surface area contributed by atoms with Crippen molar-refractivity contribution in [2.75, 3.05) is 37.3 Å². The molecule has 0 spiro atoms. The Morgan fingerprint density at radius 2 is 1.93 bits per heavy atom. The Hall–Kier alpha value is -2.65. The maximum absolute atomic E-state index is 12.8. The number of para-hydroxylation sites is 1. The molecule has 3 heterocycles. The Morgan fingerprint density at radius 3 is 2.76 bits per heavy atom. The van der Waals surface area contributed by atoms with E-state index in [1.165, 1.54) is 9.60 Å². The first kappa shape index (κ1) is 18.4. The summed E-state index contributed by atoms with van der Waals surface area (Å²) in [7, 11) is 0. The summed E-state index contributed by atoms with van der Waals surface area (Å²) in [4.78, 5) is 23.0. The van der Waals surface area contributed by atoms with Gasteiger partial charge >= 0.3 is 0 Å². The van der Waals surface area contributed by atoms with E-state index in [1.54, 1.807) is 27.8 Å². The number of anilines is 1. The van der Waals surface area contributed by atoms with Gasteiger partial charge in [-0.2, -0.15) is 0 Å². The Balaban J connectivity index is 1.24. The highest BCUT2D eigenvalue weighted by Gasteiger charge is 2.24. The molecule has 2 aromatic carbocycles. The lowest BCUT2D eigenvalue weighted by Crippen LogP contribution is -2.49. The summed E-state index contributed by atoms with van der Waals surface area (Å²) in [5, 5.41) is 9.29. The minimum Gasteiger partial charge on any atom is -0.345 e. The van der Waals surface area contributed by atoms with Crippen LogP contribution >= 0.6 is 23.1 Å². The SMILES string of the molecule is CSc1ccc2nc(N3CCN(C(=O)Cn4nnc5ccccc54)CC3)sc2c1. The van der Waals surface area contributed by atoms with Crippen LogP contribution in [0.25, 0.3) is 21.3 Å². The molecule has 1 saturated heterocycles. The van der Waals surface area contributed by atoms with Crippen LogP contribution in [0, 0.1) is 0 Å². The Labute approximate surface area is 176 Å². The standard InChI is InChI=1S/C20H20N6OS2/c1-28-14-6-7-16-18(12-14)29-20(21-16)25-10-8-24(9-11-25)19(27)13-26-17-5-3-2-4-15(17)22-23-26/h2-7,12H,8-11,13H2,1H3. The van der Waals surface area contributed by atoms with E-state index >= 15 is 0 Å². The third-order valence-corrected chi connectivity index (χ3v) is 7.00. The van der Waals surface area contributed by atoms with Gasteiger partial charge in [0.1, 0.15) is 12.1 Å². The number of nitrogens with zero attached hydrogens (tertiary/aromatic N) is 6. The minimum absolute atomic E-state index is 0.0780. The monoisotopic (exact) mass is 424 g/mol. The van der Waals surface area contributed by atoms with Crippen LogP contribution < -0.4 is 4.90 Å². The van der Waals surface area contributed by atoms with Crippen molar-refractivity contribution in [3.05, 3.63) is 42.5 Å². The van der Waals surface area contributed by atoms with Crippen LogP contribution in [0.4, 0.5) is 5.13 Å². The molecule has 4 aromatic rings. The number of hydrogen-bond donors (Lipinski definition) is 0. The number of hydrogen-bond acceptors (Lipinski definition) is 7. The summed E-state index contributed by atoms with van der Waals surface area (Å²) in [6.45, 7) is 3.19. The van der Waals surface area contributed by atoms with Gasteiger partial charge in [0.25, 0.3) is 0 Å². The lowest BCUT2D eigenvalue weighted by molar-refractivity contribution is -0.132. The van der Waals surface area contributed by atoms with Crippen molar-refractivity contribution in [2.24, 2.45) is 0 Å². The van der Waals surface area contributed by atoms with Crippen molar-refractivity contribution in [1.29, 1.82) is 0 Å². The topological polar surface area (TPSA) is 67.2 Å². The van der Waals surface area contributed by atoms with Crippen molar-refractivity contribution in [3.63, 3.8) is 0 Å². The summed E-state index contributed by atoms with van der Waals surface area (Å²) in [5.74, 6) is 0.0780. The van der Waals surface area contributed by atoms with E-state index < -0.39 is 0 Å². The predicted molar refractivity (Wildman–Crippen MR) is 118 cm³/mol. The van der Waals surface area contributed by atoms with Gasteiger partial charge in [-0.15, -0.1) is 16.9 Å². The fraction of sp³-hybridized carbons (Fsp3) is 0.300. The molecule has 2 aromatic heterocycles. The summed E-state index contributed by atoms with van der Waals surface area (Å²) in [6, 6.07) is 14.1. The van der Waals surface area contributed by atoms with Gasteiger partial charge in [-0.1, -0.05) is 28.7 Å². The fourth-order valence-corrected chi connectivity index (χ4v) is 5.14. The molecule has 0 atom stereocenters. The number of thiazole rings is 1. The molecule has 9 heteroatoms. The number of carbonyl (C=O) groups excluding carboxylic acids is 1. The van der Waals surface area contributed by atoms with Crippen LogP contribution in [0.5, 0.6) is 0 Å². The van der Waals surface area contributed by atoms with Gasteiger partial charge in [-0.3, -0.25) is 4.79 Å². The number of benzene rings is 2. The van der Waals surface area contributed by atoms with Gasteiger partial charge in [0.2, 0.25) is 5.91 Å². The van der Waals surface area contributed by atoms with Gasteiger partial charge in [-0.05, 0) is 36.6 Å². The third kappa shape index (κ3) is 3.56. The highest BCUT2D eigenvalue weighted by atomic mass is 32.2. The predicted octanol–water partition coefficient (Wildman–Crippen LogP) is 3.11. The quantitative estimate of drug-likeness (QED) is 0.469. The van der Waals surface area contributed by atoms with Crippen LogP contribution in [0.15, 0.2) is 47.4 Å². The van der Waals surface area contributed by atoms with Gasteiger partial charge in [0.15, 0.2) is 5.13 Å². The number of rotatable bonds is 4. The second-order valence-corrected chi connectivity index (χ2v) is 8.82.